The largest absolute Gasteiger partial charge is 0.278 e. The van der Waals surface area contributed by atoms with Crippen LogP contribution in [-0.4, -0.2) is 19.5 Å². The Morgan fingerprint density at radius 1 is 0.460 bits per heavy atom. The smallest absolute Gasteiger partial charge is 0.238 e. The van der Waals surface area contributed by atoms with Crippen LogP contribution in [0.5, 0.6) is 0 Å². The molecule has 0 spiro atoms. The van der Waals surface area contributed by atoms with Crippen LogP contribution in [0.25, 0.3) is 61.7 Å². The fraction of sp³-hybridized carbons (Fsp3) is 0.0217. The molecule has 0 fully saturated rings. The topological polar surface area (TPSA) is 43.6 Å². The lowest BCUT2D eigenvalue weighted by atomic mass is 9.67. The van der Waals surface area contributed by atoms with Crippen molar-refractivity contribution in [2.45, 2.75) is 5.41 Å². The summed E-state index contributed by atoms with van der Waals surface area (Å²) in [4.78, 5) is 14.8. The van der Waals surface area contributed by atoms with Gasteiger partial charge in [0.25, 0.3) is 0 Å². The molecule has 0 saturated heterocycles. The molecular weight excluding hydrogens is 609 g/mol. The molecular formula is C46H30N4. The summed E-state index contributed by atoms with van der Waals surface area (Å²) in [6.45, 7) is 0. The number of benzene rings is 7. The van der Waals surface area contributed by atoms with Gasteiger partial charge in [0, 0.05) is 21.9 Å². The van der Waals surface area contributed by atoms with E-state index in [2.05, 4.69) is 97.1 Å². The Hall–Kier alpha value is -6.65. The first-order chi connectivity index (χ1) is 26.9. The van der Waals surface area contributed by atoms with Gasteiger partial charge < -0.3 is 0 Å². The zero-order valence-corrected chi connectivity index (χ0v) is 26.7. The number of aromatic nitrogens is 4. The van der Waals surface area contributed by atoms with E-state index in [9.17, 15) is 0 Å². The second-order valence-electron chi connectivity index (χ2n) is 12.4. The van der Waals surface area contributed by atoms with Gasteiger partial charge in [-0.3, -0.25) is 4.57 Å². The van der Waals surface area contributed by atoms with Gasteiger partial charge in [-0.05, 0) is 45.5 Å². The lowest BCUT2D eigenvalue weighted by Crippen LogP contribution is -2.28. The summed E-state index contributed by atoms with van der Waals surface area (Å²) in [6.07, 6.45) is 0. The van der Waals surface area contributed by atoms with Crippen molar-refractivity contribution in [1.82, 2.24) is 19.5 Å². The Balaban J connectivity index is 1.32. The normalized spacial score (nSPS) is 14.4. The molecule has 0 unspecified atom stereocenters. The van der Waals surface area contributed by atoms with E-state index in [0.29, 0.717) is 11.4 Å². The van der Waals surface area contributed by atoms with Crippen molar-refractivity contribution < 1.29 is 6.85 Å². The summed E-state index contributed by atoms with van der Waals surface area (Å²) < 4.78 is 44.7. The van der Waals surface area contributed by atoms with Crippen LogP contribution in [0.2, 0.25) is 0 Å². The van der Waals surface area contributed by atoms with Gasteiger partial charge in [-0.2, -0.15) is 9.97 Å². The van der Waals surface area contributed by atoms with E-state index in [4.69, 9.17) is 21.8 Å². The first-order valence-corrected chi connectivity index (χ1v) is 16.6. The molecule has 2 heterocycles. The monoisotopic (exact) mass is 643 g/mol. The lowest BCUT2D eigenvalue weighted by Gasteiger charge is -2.34. The highest BCUT2D eigenvalue weighted by molar-refractivity contribution is 6.09. The maximum Gasteiger partial charge on any atom is 0.238 e. The molecule has 0 amide bonds. The second-order valence-corrected chi connectivity index (χ2v) is 12.4. The summed E-state index contributed by atoms with van der Waals surface area (Å²) in [5.41, 5.74) is 8.65. The maximum atomic E-state index is 8.82. The van der Waals surface area contributed by atoms with Crippen LogP contribution in [0, 0.1) is 0 Å². The molecule has 50 heavy (non-hydrogen) atoms. The predicted octanol–water partition coefficient (Wildman–Crippen LogP) is 10.7. The van der Waals surface area contributed by atoms with Crippen molar-refractivity contribution in [3.8, 4) is 39.9 Å². The van der Waals surface area contributed by atoms with Crippen LogP contribution in [0.4, 0.5) is 0 Å². The molecule has 10 rings (SSSR count). The molecule has 1 aliphatic carbocycles. The fourth-order valence-electron chi connectivity index (χ4n) is 7.79. The Morgan fingerprint density at radius 3 is 1.76 bits per heavy atom. The minimum atomic E-state index is -0.642. The van der Waals surface area contributed by atoms with Crippen molar-refractivity contribution in [1.29, 1.82) is 0 Å². The molecule has 0 N–H and O–H groups in total. The van der Waals surface area contributed by atoms with E-state index in [-0.39, 0.29) is 29.4 Å². The van der Waals surface area contributed by atoms with Gasteiger partial charge in [-0.1, -0.05) is 170 Å². The van der Waals surface area contributed by atoms with Gasteiger partial charge in [-0.15, -0.1) is 0 Å². The van der Waals surface area contributed by atoms with E-state index in [1.54, 1.807) is 0 Å². The van der Waals surface area contributed by atoms with E-state index in [1.165, 1.54) is 22.3 Å². The Morgan fingerprint density at radius 2 is 1.04 bits per heavy atom. The second kappa shape index (κ2) is 11.2. The first-order valence-electron chi connectivity index (χ1n) is 19.1. The zero-order valence-electron chi connectivity index (χ0n) is 31.7. The van der Waals surface area contributed by atoms with Crippen LogP contribution < -0.4 is 0 Å². The number of para-hydroxylation sites is 1. The van der Waals surface area contributed by atoms with Gasteiger partial charge in [0.15, 0.2) is 11.6 Å². The Labute approximate surface area is 297 Å². The van der Waals surface area contributed by atoms with E-state index < -0.39 is 23.5 Å². The molecule has 0 atom stereocenters. The van der Waals surface area contributed by atoms with E-state index >= 15 is 0 Å². The average molecular weight is 644 g/mol. The molecule has 234 valence electrons. The van der Waals surface area contributed by atoms with Gasteiger partial charge >= 0.3 is 0 Å². The highest BCUT2D eigenvalue weighted by Gasteiger charge is 2.46. The molecule has 2 aromatic heterocycles. The van der Waals surface area contributed by atoms with Crippen molar-refractivity contribution in [3.63, 3.8) is 0 Å². The average Bonchev–Trinajstić information content (AvgIpc) is 3.73. The standard InChI is InChI=1S/C46H30N4/c1-4-16-31(17-5-1)43-47-44(32-18-6-2-7-19-32)49-45(48-43)50-41-27-15-12-24-37(41)38-29-28-34(30-42(38)50)46(33-20-8-3-9-21-33)39-25-13-10-22-35(39)36-23-11-14-26-40(36)46/h1-30H/i1D,4D,5D,16D,17D. The van der Waals surface area contributed by atoms with Crippen LogP contribution in [0.15, 0.2) is 182 Å². The highest BCUT2D eigenvalue weighted by Crippen LogP contribution is 2.56. The number of hydrogen-bond donors (Lipinski definition) is 0. The molecule has 0 saturated carbocycles. The van der Waals surface area contributed by atoms with Gasteiger partial charge in [0.1, 0.15) is 0 Å². The number of rotatable bonds is 5. The van der Waals surface area contributed by atoms with Crippen LogP contribution in [-0.2, 0) is 5.41 Å². The molecule has 9 aromatic rings. The van der Waals surface area contributed by atoms with Crippen LogP contribution in [0.3, 0.4) is 0 Å². The third-order valence-corrected chi connectivity index (χ3v) is 9.85. The quantitative estimate of drug-likeness (QED) is 0.187. The summed E-state index contributed by atoms with van der Waals surface area (Å²) in [5.74, 6) is 0.566. The minimum Gasteiger partial charge on any atom is -0.278 e. The minimum absolute atomic E-state index is 0.0117. The SMILES string of the molecule is [2H]c1c([2H])c([2H])c(-c2nc(-c3ccccc3)nc(-n3c4ccccc4c4ccc(C5(c6ccccc6)c6ccccc6-c6ccccc65)cc43)n2)c([2H])c1[2H]. The molecule has 1 aliphatic rings. The molecule has 0 bridgehead atoms. The molecule has 7 aromatic carbocycles. The number of nitrogens with zero attached hydrogens (tertiary/aromatic N) is 4. The molecule has 4 heteroatoms. The lowest BCUT2D eigenvalue weighted by molar-refractivity contribution is 0.769. The van der Waals surface area contributed by atoms with Crippen molar-refractivity contribution >= 4 is 21.8 Å². The van der Waals surface area contributed by atoms with E-state index in [0.717, 1.165) is 32.9 Å². The van der Waals surface area contributed by atoms with Crippen molar-refractivity contribution in [3.05, 3.63) is 204 Å². The number of fused-ring (bicyclic) bond motifs is 6. The van der Waals surface area contributed by atoms with Gasteiger partial charge in [0.05, 0.1) is 23.3 Å². The summed E-state index contributed by atoms with van der Waals surface area (Å²) in [5, 5.41) is 1.99. The maximum absolute atomic E-state index is 8.82. The predicted molar refractivity (Wildman–Crippen MR) is 202 cm³/mol. The van der Waals surface area contributed by atoms with Crippen LogP contribution in [0.1, 0.15) is 29.1 Å². The van der Waals surface area contributed by atoms with E-state index in [1.807, 2.05) is 59.2 Å². The summed E-state index contributed by atoms with van der Waals surface area (Å²) in [7, 11) is 0. The molecule has 0 aliphatic heterocycles. The first kappa shape index (κ1) is 23.6. The van der Waals surface area contributed by atoms with Crippen molar-refractivity contribution in [2.75, 3.05) is 0 Å². The third kappa shape index (κ3) is 4.15. The zero-order chi connectivity index (χ0) is 37.4. The highest BCUT2D eigenvalue weighted by atomic mass is 15.2. The third-order valence-electron chi connectivity index (χ3n) is 9.85. The summed E-state index contributed by atoms with van der Waals surface area (Å²) in [6, 6.07) is 49.9. The number of hydrogen-bond acceptors (Lipinski definition) is 3. The Kier molecular flexibility index (Phi) is 5.30. The van der Waals surface area contributed by atoms with Crippen molar-refractivity contribution in [2.24, 2.45) is 0 Å². The summed E-state index contributed by atoms with van der Waals surface area (Å²) >= 11 is 0. The van der Waals surface area contributed by atoms with Crippen LogP contribution >= 0.6 is 0 Å². The van der Waals surface area contributed by atoms with Gasteiger partial charge in [-0.25, -0.2) is 4.98 Å². The Bertz CT molecular complexity index is 2920. The molecule has 4 nitrogen and oxygen atoms in total. The van der Waals surface area contributed by atoms with Gasteiger partial charge in [0.2, 0.25) is 5.95 Å². The molecule has 0 radical (unpaired) electrons. The fourth-order valence-corrected chi connectivity index (χ4v) is 7.79.